The van der Waals surface area contributed by atoms with E-state index in [1.165, 1.54) is 89.8 Å². The zero-order valence-electron chi connectivity index (χ0n) is 35.3. The highest BCUT2D eigenvalue weighted by atomic mass is 15.1. The first-order valence-corrected chi connectivity index (χ1v) is 21.3. The highest BCUT2D eigenvalue weighted by Crippen LogP contribution is 2.39. The van der Waals surface area contributed by atoms with Crippen LogP contribution in [0.3, 0.4) is 0 Å². The van der Waals surface area contributed by atoms with E-state index in [4.69, 9.17) is 0 Å². The molecule has 56 heavy (non-hydrogen) atoms. The highest BCUT2D eigenvalue weighted by molar-refractivity contribution is 5.81. The molecule has 0 saturated carbocycles. The molecule has 2 heteroatoms. The van der Waals surface area contributed by atoms with Crippen molar-refractivity contribution in [3.8, 4) is 0 Å². The lowest BCUT2D eigenvalue weighted by atomic mass is 9.99. The first-order valence-electron chi connectivity index (χ1n) is 21.3. The summed E-state index contributed by atoms with van der Waals surface area (Å²) in [5.74, 6) is 0. The lowest BCUT2D eigenvalue weighted by Gasteiger charge is -2.27. The van der Waals surface area contributed by atoms with Gasteiger partial charge in [-0.3, -0.25) is 0 Å². The van der Waals surface area contributed by atoms with Crippen molar-refractivity contribution in [2.24, 2.45) is 0 Å². The van der Waals surface area contributed by atoms with Crippen LogP contribution in [0.2, 0.25) is 0 Å². The predicted octanol–water partition coefficient (Wildman–Crippen LogP) is 15.3. The molecule has 0 fully saturated rings. The standard InChI is InChI=1S/C54H62N2/c1-9-41-23-31-51(35-45(41)13-5)55(52-32-24-42(10-2)46(14-6)36-52)49-27-19-39(20-28-49)17-18-40-21-29-50(30-22-40)56(53-33-25-43(11-3)47(15-7)37-53)54-34-26-44(12-4)48(16-8)38-54/h17-38H,9-16H2,1-8H3/b18-17+. The predicted molar refractivity (Wildman–Crippen MR) is 246 cm³/mol. The smallest absolute Gasteiger partial charge is 0.0464 e. The van der Waals surface area contributed by atoms with Crippen LogP contribution in [0, 0.1) is 0 Å². The molecule has 0 unspecified atom stereocenters. The molecule has 0 amide bonds. The maximum atomic E-state index is 2.42. The van der Waals surface area contributed by atoms with Crippen LogP contribution in [0.25, 0.3) is 12.2 Å². The second-order valence-corrected chi connectivity index (χ2v) is 14.8. The van der Waals surface area contributed by atoms with Gasteiger partial charge in [0.15, 0.2) is 0 Å². The van der Waals surface area contributed by atoms with Crippen LogP contribution in [0.15, 0.2) is 121 Å². The van der Waals surface area contributed by atoms with Crippen molar-refractivity contribution < 1.29 is 0 Å². The molecule has 288 valence electrons. The van der Waals surface area contributed by atoms with Gasteiger partial charge in [-0.15, -0.1) is 0 Å². The SMILES string of the molecule is CCc1ccc(N(c2ccc(/C=C/c3ccc(N(c4ccc(CC)c(CC)c4)c4ccc(CC)c(CC)c4)cc3)cc2)c2ccc(CC)c(CC)c2)cc1CC. The van der Waals surface area contributed by atoms with Crippen LogP contribution in [0.1, 0.15) is 111 Å². The largest absolute Gasteiger partial charge is 0.310 e. The molecule has 0 bridgehead atoms. The number of nitrogens with zero attached hydrogens (tertiary/aromatic N) is 2. The maximum absolute atomic E-state index is 2.42. The third-order valence-electron chi connectivity index (χ3n) is 11.6. The summed E-state index contributed by atoms with van der Waals surface area (Å²) in [4.78, 5) is 4.85. The average Bonchev–Trinajstić information content (AvgIpc) is 3.26. The Balaban J connectivity index is 1.30. The number of aryl methyl sites for hydroxylation is 8. The van der Waals surface area contributed by atoms with Crippen LogP contribution >= 0.6 is 0 Å². The third kappa shape index (κ3) is 8.87. The van der Waals surface area contributed by atoms with E-state index in [9.17, 15) is 0 Å². The van der Waals surface area contributed by atoms with Gasteiger partial charge in [-0.25, -0.2) is 0 Å². The Hall–Kier alpha value is -5.34. The highest BCUT2D eigenvalue weighted by Gasteiger charge is 2.17. The minimum absolute atomic E-state index is 1.03. The minimum atomic E-state index is 1.03. The van der Waals surface area contributed by atoms with Crippen molar-refractivity contribution in [3.63, 3.8) is 0 Å². The lowest BCUT2D eigenvalue weighted by molar-refractivity contribution is 1.03. The van der Waals surface area contributed by atoms with Crippen molar-refractivity contribution in [1.82, 2.24) is 0 Å². The van der Waals surface area contributed by atoms with Crippen molar-refractivity contribution in [2.45, 2.75) is 107 Å². The van der Waals surface area contributed by atoms with Gasteiger partial charge >= 0.3 is 0 Å². The Morgan fingerprint density at radius 1 is 0.268 bits per heavy atom. The number of anilines is 6. The van der Waals surface area contributed by atoms with Gasteiger partial charge < -0.3 is 9.80 Å². The topological polar surface area (TPSA) is 6.48 Å². The van der Waals surface area contributed by atoms with E-state index >= 15 is 0 Å². The number of benzene rings is 6. The van der Waals surface area contributed by atoms with E-state index in [0.29, 0.717) is 0 Å². The van der Waals surface area contributed by atoms with Crippen LogP contribution in [0.4, 0.5) is 34.1 Å². The normalized spacial score (nSPS) is 11.4. The van der Waals surface area contributed by atoms with Gasteiger partial charge in [0.05, 0.1) is 0 Å². The molecule has 0 heterocycles. The minimum Gasteiger partial charge on any atom is -0.310 e. The van der Waals surface area contributed by atoms with Gasteiger partial charge in [0.2, 0.25) is 0 Å². The maximum Gasteiger partial charge on any atom is 0.0464 e. The van der Waals surface area contributed by atoms with Gasteiger partial charge in [-0.2, -0.15) is 0 Å². The Kier molecular flexibility index (Phi) is 13.7. The molecule has 0 N–H and O–H groups in total. The van der Waals surface area contributed by atoms with Crippen LogP contribution in [-0.4, -0.2) is 0 Å². The van der Waals surface area contributed by atoms with Crippen molar-refractivity contribution in [2.75, 3.05) is 9.80 Å². The quantitative estimate of drug-likeness (QED) is 0.0912. The third-order valence-corrected chi connectivity index (χ3v) is 11.6. The number of hydrogen-bond acceptors (Lipinski definition) is 2. The van der Waals surface area contributed by atoms with Crippen molar-refractivity contribution >= 4 is 46.3 Å². The molecule has 0 aliphatic carbocycles. The van der Waals surface area contributed by atoms with Gasteiger partial charge in [0.25, 0.3) is 0 Å². The first kappa shape index (κ1) is 40.3. The summed E-state index contributed by atoms with van der Waals surface area (Å²) in [5.41, 5.74) is 20.9. The summed E-state index contributed by atoms with van der Waals surface area (Å²) in [6, 6.07) is 46.1. The zero-order valence-corrected chi connectivity index (χ0v) is 35.3. The molecule has 0 spiro atoms. The molecule has 0 atom stereocenters. The molecule has 0 radical (unpaired) electrons. The van der Waals surface area contributed by atoms with Gasteiger partial charge in [-0.1, -0.05) is 116 Å². The molecular formula is C54H62N2. The van der Waals surface area contributed by atoms with E-state index in [2.05, 4.69) is 199 Å². The molecule has 6 rings (SSSR count). The van der Waals surface area contributed by atoms with Crippen LogP contribution in [-0.2, 0) is 51.4 Å². The van der Waals surface area contributed by atoms with E-state index in [0.717, 1.165) is 51.4 Å². The lowest BCUT2D eigenvalue weighted by Crippen LogP contribution is -2.11. The van der Waals surface area contributed by atoms with Crippen molar-refractivity contribution in [1.29, 1.82) is 0 Å². The first-order chi connectivity index (χ1) is 27.4. The summed E-state index contributed by atoms with van der Waals surface area (Å²) >= 11 is 0. The molecular weight excluding hydrogens is 677 g/mol. The molecule has 6 aromatic carbocycles. The average molecular weight is 739 g/mol. The monoisotopic (exact) mass is 738 g/mol. The molecule has 2 nitrogen and oxygen atoms in total. The fraction of sp³-hybridized carbons (Fsp3) is 0.296. The van der Waals surface area contributed by atoms with Crippen molar-refractivity contribution in [3.05, 3.63) is 177 Å². The van der Waals surface area contributed by atoms with E-state index < -0.39 is 0 Å². The van der Waals surface area contributed by atoms with Gasteiger partial charge in [0, 0.05) is 34.1 Å². The molecule has 0 saturated heterocycles. The summed E-state index contributed by atoms with van der Waals surface area (Å²) in [7, 11) is 0. The van der Waals surface area contributed by atoms with Crippen LogP contribution < -0.4 is 9.80 Å². The molecule has 0 aliphatic rings. The number of hydrogen-bond donors (Lipinski definition) is 0. The summed E-state index contributed by atoms with van der Waals surface area (Å²) in [5, 5.41) is 0. The summed E-state index contributed by atoms with van der Waals surface area (Å²) in [6.45, 7) is 18.1. The van der Waals surface area contributed by atoms with E-state index in [1.54, 1.807) is 0 Å². The summed E-state index contributed by atoms with van der Waals surface area (Å²) in [6.07, 6.45) is 12.8. The Labute approximate surface area is 338 Å². The van der Waals surface area contributed by atoms with E-state index in [1.807, 2.05) is 0 Å². The number of rotatable bonds is 16. The Bertz CT molecular complexity index is 1970. The Morgan fingerprint density at radius 3 is 0.696 bits per heavy atom. The fourth-order valence-electron chi connectivity index (χ4n) is 8.26. The molecule has 6 aromatic rings. The van der Waals surface area contributed by atoms with Gasteiger partial charge in [0.1, 0.15) is 0 Å². The van der Waals surface area contributed by atoms with Gasteiger partial charge in [-0.05, 0) is 180 Å². The second kappa shape index (κ2) is 19.0. The molecule has 0 aromatic heterocycles. The Morgan fingerprint density at radius 2 is 0.482 bits per heavy atom. The molecule has 0 aliphatic heterocycles. The van der Waals surface area contributed by atoms with E-state index in [-0.39, 0.29) is 0 Å². The van der Waals surface area contributed by atoms with Crippen LogP contribution in [0.5, 0.6) is 0 Å². The fourth-order valence-corrected chi connectivity index (χ4v) is 8.26. The summed E-state index contributed by atoms with van der Waals surface area (Å²) < 4.78 is 0. The zero-order chi connectivity index (χ0) is 39.6. The second-order valence-electron chi connectivity index (χ2n) is 14.8.